The van der Waals surface area contributed by atoms with Crippen LogP contribution >= 0.6 is 0 Å². The lowest BCUT2D eigenvalue weighted by Crippen LogP contribution is -2.29. The molecule has 2 atom stereocenters. The summed E-state index contributed by atoms with van der Waals surface area (Å²) in [5.41, 5.74) is 2.10. The molecule has 142 valence electrons. The SMILES string of the molecule is Cc1cc(C[C@@H]2CN(C(=O)CCc3nc4ccc(F)cc4[nH]3)C[C@@H]2O)on1. The Labute approximate surface area is 155 Å². The van der Waals surface area contributed by atoms with E-state index >= 15 is 0 Å². The molecule has 0 radical (unpaired) electrons. The molecular weight excluding hydrogens is 351 g/mol. The molecule has 0 saturated carbocycles. The number of hydrogen-bond donors (Lipinski definition) is 2. The molecular formula is C19H21FN4O3. The van der Waals surface area contributed by atoms with Crippen LogP contribution < -0.4 is 0 Å². The maximum Gasteiger partial charge on any atom is 0.223 e. The van der Waals surface area contributed by atoms with Gasteiger partial charge in [-0.1, -0.05) is 5.16 Å². The van der Waals surface area contributed by atoms with Crippen LogP contribution in [0.1, 0.15) is 23.7 Å². The second-order valence-electron chi connectivity index (χ2n) is 7.11. The summed E-state index contributed by atoms with van der Waals surface area (Å²) < 4.78 is 18.5. The molecule has 1 aliphatic rings. The lowest BCUT2D eigenvalue weighted by molar-refractivity contribution is -0.130. The Kier molecular flexibility index (Phi) is 4.65. The molecule has 3 heterocycles. The van der Waals surface area contributed by atoms with Crippen molar-refractivity contribution in [1.29, 1.82) is 0 Å². The highest BCUT2D eigenvalue weighted by atomic mass is 19.1. The largest absolute Gasteiger partial charge is 0.391 e. The number of aromatic nitrogens is 3. The highest BCUT2D eigenvalue weighted by Crippen LogP contribution is 2.23. The van der Waals surface area contributed by atoms with Crippen LogP contribution in [0.15, 0.2) is 28.8 Å². The van der Waals surface area contributed by atoms with Crippen molar-refractivity contribution in [1.82, 2.24) is 20.0 Å². The number of nitrogens with zero attached hydrogens (tertiary/aromatic N) is 3. The lowest BCUT2D eigenvalue weighted by atomic mass is 10.0. The van der Waals surface area contributed by atoms with Gasteiger partial charge in [-0.2, -0.15) is 0 Å². The standard InChI is InChI=1S/C19H21FN4O3/c1-11-6-14(27-23-11)7-12-9-24(10-17(12)25)19(26)5-4-18-21-15-3-2-13(20)8-16(15)22-18/h2-3,6,8,12,17,25H,4-5,7,9-10H2,1H3,(H,21,22)/t12-,17+/m1/s1. The van der Waals surface area contributed by atoms with Gasteiger partial charge in [0.25, 0.3) is 0 Å². The highest BCUT2D eigenvalue weighted by Gasteiger charge is 2.34. The molecule has 1 amide bonds. The van der Waals surface area contributed by atoms with E-state index in [1.165, 1.54) is 12.1 Å². The van der Waals surface area contributed by atoms with Crippen LogP contribution in [0.4, 0.5) is 4.39 Å². The predicted octanol–water partition coefficient (Wildman–Crippen LogP) is 1.99. The number of hydrogen-bond acceptors (Lipinski definition) is 5. The summed E-state index contributed by atoms with van der Waals surface area (Å²) >= 11 is 0. The maximum atomic E-state index is 13.3. The van der Waals surface area contributed by atoms with E-state index in [9.17, 15) is 14.3 Å². The molecule has 0 unspecified atom stereocenters. The van der Waals surface area contributed by atoms with E-state index in [-0.39, 0.29) is 24.1 Å². The molecule has 8 heteroatoms. The van der Waals surface area contributed by atoms with Crippen LogP contribution in [-0.2, 0) is 17.6 Å². The van der Waals surface area contributed by atoms with Gasteiger partial charge in [-0.05, 0) is 25.1 Å². The van der Waals surface area contributed by atoms with Crippen molar-refractivity contribution in [2.75, 3.05) is 13.1 Å². The molecule has 3 aromatic rings. The minimum Gasteiger partial charge on any atom is -0.391 e. The number of fused-ring (bicyclic) bond motifs is 1. The first kappa shape index (κ1) is 17.7. The number of aliphatic hydroxyl groups is 1. The van der Waals surface area contributed by atoms with Gasteiger partial charge in [0.05, 0.1) is 22.8 Å². The Morgan fingerprint density at radius 2 is 2.26 bits per heavy atom. The van der Waals surface area contributed by atoms with Gasteiger partial charge in [-0.25, -0.2) is 9.37 Å². The first-order valence-electron chi connectivity index (χ1n) is 9.00. The molecule has 27 heavy (non-hydrogen) atoms. The van der Waals surface area contributed by atoms with Crippen LogP contribution in [-0.4, -0.2) is 50.2 Å². The summed E-state index contributed by atoms with van der Waals surface area (Å²) in [6.07, 6.45) is 0.700. The number of carbonyl (C=O) groups excluding carboxylic acids is 1. The summed E-state index contributed by atoms with van der Waals surface area (Å²) in [6.45, 7) is 2.66. The molecule has 2 aromatic heterocycles. The van der Waals surface area contributed by atoms with Gasteiger partial charge in [0.2, 0.25) is 5.91 Å². The number of carbonyl (C=O) groups is 1. The topological polar surface area (TPSA) is 95.2 Å². The van der Waals surface area contributed by atoms with Gasteiger partial charge in [0.1, 0.15) is 17.4 Å². The molecule has 4 rings (SSSR count). The molecule has 2 N–H and O–H groups in total. The second kappa shape index (κ2) is 7.11. The van der Waals surface area contributed by atoms with Crippen LogP contribution in [0.25, 0.3) is 11.0 Å². The summed E-state index contributed by atoms with van der Waals surface area (Å²) in [5.74, 6) is 0.956. The summed E-state index contributed by atoms with van der Waals surface area (Å²) in [5, 5.41) is 14.1. The first-order chi connectivity index (χ1) is 13.0. The van der Waals surface area contributed by atoms with Crippen LogP contribution in [0, 0.1) is 18.7 Å². The van der Waals surface area contributed by atoms with Gasteiger partial charge in [0, 0.05) is 44.3 Å². The Bertz CT molecular complexity index is 967. The van der Waals surface area contributed by atoms with Gasteiger partial charge < -0.3 is 19.5 Å². The fraction of sp³-hybridized carbons (Fsp3) is 0.421. The average molecular weight is 372 g/mol. The Morgan fingerprint density at radius 1 is 1.41 bits per heavy atom. The van der Waals surface area contributed by atoms with E-state index < -0.39 is 6.10 Å². The van der Waals surface area contributed by atoms with Crippen molar-refractivity contribution in [2.24, 2.45) is 5.92 Å². The van der Waals surface area contributed by atoms with Crippen LogP contribution in [0.2, 0.25) is 0 Å². The average Bonchev–Trinajstić information content (AvgIpc) is 3.32. The third-order valence-electron chi connectivity index (χ3n) is 4.97. The summed E-state index contributed by atoms with van der Waals surface area (Å²) in [7, 11) is 0. The number of β-amino-alcohol motifs (C(OH)–C–C–N with tert-alkyl or cyclic N) is 1. The molecule has 1 fully saturated rings. The van der Waals surface area contributed by atoms with E-state index in [1.807, 2.05) is 13.0 Å². The van der Waals surface area contributed by atoms with Crippen LogP contribution in [0.5, 0.6) is 0 Å². The van der Waals surface area contributed by atoms with Crippen molar-refractivity contribution in [2.45, 2.75) is 32.3 Å². The van der Waals surface area contributed by atoms with Crippen molar-refractivity contribution >= 4 is 16.9 Å². The number of nitrogens with one attached hydrogen (secondary N) is 1. The van der Waals surface area contributed by atoms with Crippen molar-refractivity contribution in [3.05, 3.63) is 47.4 Å². The Hall–Kier alpha value is -2.74. The van der Waals surface area contributed by atoms with Gasteiger partial charge in [-0.15, -0.1) is 0 Å². The number of rotatable bonds is 5. The maximum absolute atomic E-state index is 13.3. The number of imidazole rings is 1. The van der Waals surface area contributed by atoms with Crippen molar-refractivity contribution in [3.8, 4) is 0 Å². The fourth-order valence-electron chi connectivity index (χ4n) is 3.57. The molecule has 0 spiro atoms. The minimum absolute atomic E-state index is 0.0306. The number of aliphatic hydroxyl groups excluding tert-OH is 1. The zero-order chi connectivity index (χ0) is 19.0. The minimum atomic E-state index is -0.575. The zero-order valence-electron chi connectivity index (χ0n) is 15.0. The van der Waals surface area contributed by atoms with Gasteiger partial charge >= 0.3 is 0 Å². The second-order valence-corrected chi connectivity index (χ2v) is 7.11. The normalized spacial score (nSPS) is 19.9. The third kappa shape index (κ3) is 3.85. The Balaban J connectivity index is 1.34. The van der Waals surface area contributed by atoms with E-state index in [2.05, 4.69) is 15.1 Å². The first-order valence-corrected chi connectivity index (χ1v) is 9.00. The van der Waals surface area contributed by atoms with E-state index in [1.54, 1.807) is 11.0 Å². The molecule has 1 aliphatic heterocycles. The molecule has 1 aromatic carbocycles. The van der Waals surface area contributed by atoms with E-state index in [4.69, 9.17) is 4.52 Å². The molecule has 1 saturated heterocycles. The number of aromatic amines is 1. The zero-order valence-corrected chi connectivity index (χ0v) is 15.0. The third-order valence-corrected chi connectivity index (χ3v) is 4.97. The van der Waals surface area contributed by atoms with Crippen molar-refractivity contribution in [3.63, 3.8) is 0 Å². The number of halogens is 1. The highest BCUT2D eigenvalue weighted by molar-refractivity contribution is 5.77. The predicted molar refractivity (Wildman–Crippen MR) is 95.4 cm³/mol. The number of H-pyrrole nitrogens is 1. The number of benzene rings is 1. The fourth-order valence-corrected chi connectivity index (χ4v) is 3.57. The van der Waals surface area contributed by atoms with Gasteiger partial charge in [0.15, 0.2) is 0 Å². The lowest BCUT2D eigenvalue weighted by Gasteiger charge is -2.15. The molecule has 7 nitrogen and oxygen atoms in total. The molecule has 0 aliphatic carbocycles. The number of amides is 1. The molecule has 0 bridgehead atoms. The monoisotopic (exact) mass is 372 g/mol. The number of likely N-dealkylation sites (tertiary alicyclic amines) is 1. The summed E-state index contributed by atoms with van der Waals surface area (Å²) in [4.78, 5) is 21.6. The van der Waals surface area contributed by atoms with Gasteiger partial charge in [-0.3, -0.25) is 4.79 Å². The quantitative estimate of drug-likeness (QED) is 0.714. The smallest absolute Gasteiger partial charge is 0.223 e. The van der Waals surface area contributed by atoms with E-state index in [0.717, 1.165) is 11.5 Å². The van der Waals surface area contributed by atoms with Crippen LogP contribution in [0.3, 0.4) is 0 Å². The Morgan fingerprint density at radius 3 is 3.04 bits per heavy atom. The number of aryl methyl sites for hydroxylation is 2. The van der Waals surface area contributed by atoms with E-state index in [0.29, 0.717) is 42.8 Å². The summed E-state index contributed by atoms with van der Waals surface area (Å²) in [6, 6.07) is 6.21. The van der Waals surface area contributed by atoms with Crippen molar-refractivity contribution < 1.29 is 18.8 Å².